The van der Waals surface area contributed by atoms with Gasteiger partial charge < -0.3 is 14.4 Å². The van der Waals surface area contributed by atoms with Gasteiger partial charge >= 0.3 is 12.1 Å². The Morgan fingerprint density at radius 3 is 1.45 bits per heavy atom. The van der Waals surface area contributed by atoms with Crippen molar-refractivity contribution >= 4 is 12.1 Å². The first-order valence-electron chi connectivity index (χ1n) is 22.2. The largest absolute Gasteiger partial charge is 0.467 e. The van der Waals surface area contributed by atoms with Crippen molar-refractivity contribution in [3.05, 3.63) is 48.6 Å². The van der Waals surface area contributed by atoms with E-state index in [4.69, 9.17) is 9.47 Å². The van der Waals surface area contributed by atoms with E-state index in [0.29, 0.717) is 25.5 Å². The van der Waals surface area contributed by atoms with Crippen LogP contribution in [-0.4, -0.2) is 68.3 Å². The number of hydrogen-bond acceptors (Lipinski definition) is 5. The first-order chi connectivity index (χ1) is 25.9. The fraction of sp³-hybridized carbons (Fsp3) is 0.787. The summed E-state index contributed by atoms with van der Waals surface area (Å²) in [5, 5.41) is 0. The Balaban J connectivity index is 2.38. The molecule has 0 bridgehead atoms. The van der Waals surface area contributed by atoms with Crippen molar-refractivity contribution in [2.75, 3.05) is 34.4 Å². The summed E-state index contributed by atoms with van der Waals surface area (Å²) in [7, 11) is 5.37. The van der Waals surface area contributed by atoms with Crippen molar-refractivity contribution in [2.45, 2.75) is 199 Å². The summed E-state index contributed by atoms with van der Waals surface area (Å²) in [5.74, 6) is 0.0185. The molecule has 0 aromatic carbocycles. The highest BCUT2D eigenvalue weighted by atomic mass is 16.6. The van der Waals surface area contributed by atoms with E-state index in [-0.39, 0.29) is 18.1 Å². The van der Waals surface area contributed by atoms with E-state index in [1.54, 1.807) is 4.90 Å². The molecule has 1 saturated heterocycles. The van der Waals surface area contributed by atoms with Crippen LogP contribution in [0.25, 0.3) is 0 Å². The van der Waals surface area contributed by atoms with Crippen LogP contribution < -0.4 is 0 Å². The lowest BCUT2D eigenvalue weighted by Crippen LogP contribution is -2.42. The van der Waals surface area contributed by atoms with Crippen molar-refractivity contribution in [3.63, 3.8) is 0 Å². The average Bonchev–Trinajstić information content (AvgIpc) is 3.62. The first-order valence-corrected chi connectivity index (χ1v) is 22.2. The quantitative estimate of drug-likeness (QED) is 0.0373. The molecule has 306 valence electrons. The second-order valence-corrected chi connectivity index (χ2v) is 15.7. The molecule has 0 spiro atoms. The Hall–Kier alpha value is -2.34. The lowest BCUT2D eigenvalue weighted by Gasteiger charge is -2.24. The molecule has 0 N–H and O–H groups in total. The molecule has 0 saturated carbocycles. The number of nitrogens with zero attached hydrogens (tertiary/aromatic N) is 2. The zero-order chi connectivity index (χ0) is 38.6. The summed E-state index contributed by atoms with van der Waals surface area (Å²) in [6.07, 6.45) is 51.1. The predicted molar refractivity (Wildman–Crippen MR) is 227 cm³/mol. The van der Waals surface area contributed by atoms with Gasteiger partial charge in [-0.2, -0.15) is 0 Å². The molecule has 0 aromatic heterocycles. The van der Waals surface area contributed by atoms with Gasteiger partial charge in [0.15, 0.2) is 0 Å². The first kappa shape index (κ1) is 48.7. The highest BCUT2D eigenvalue weighted by molar-refractivity contribution is 5.82. The molecule has 1 amide bonds. The number of amides is 1. The van der Waals surface area contributed by atoms with Gasteiger partial charge in [-0.15, -0.1) is 0 Å². The number of likely N-dealkylation sites (tertiary alicyclic amines) is 1. The average molecular weight is 741 g/mol. The molecule has 0 aliphatic carbocycles. The van der Waals surface area contributed by atoms with E-state index in [2.05, 4.69) is 67.4 Å². The maximum atomic E-state index is 13.3. The van der Waals surface area contributed by atoms with Crippen molar-refractivity contribution < 1.29 is 19.1 Å². The Morgan fingerprint density at radius 1 is 0.623 bits per heavy atom. The normalized spacial score (nSPS) is 17.1. The van der Waals surface area contributed by atoms with E-state index in [9.17, 15) is 9.59 Å². The molecule has 1 rings (SSSR count). The van der Waals surface area contributed by atoms with Crippen LogP contribution in [-0.2, 0) is 14.3 Å². The number of esters is 1. The fourth-order valence-corrected chi connectivity index (χ4v) is 7.17. The molecule has 2 unspecified atom stereocenters. The number of carbonyl (C=O) groups is 2. The van der Waals surface area contributed by atoms with Gasteiger partial charge in [0.1, 0.15) is 6.04 Å². The smallest absolute Gasteiger partial charge is 0.410 e. The number of unbranched alkanes of at least 4 members (excludes halogenated alkanes) is 18. The summed E-state index contributed by atoms with van der Waals surface area (Å²) in [6, 6.07) is -0.447. The number of likely N-dealkylation sites (N-methyl/N-ethyl adjacent to an activating group) is 1. The SMILES string of the molecule is CCCCCC=CCC=CCCCCCCCCC(CCCCCCCCC=CCC=CCCCCC)COC(=O)N1CC(N(C)C)CC1C(=O)OC. The van der Waals surface area contributed by atoms with E-state index >= 15 is 0 Å². The van der Waals surface area contributed by atoms with Gasteiger partial charge in [0.25, 0.3) is 0 Å². The molecule has 1 heterocycles. The summed E-state index contributed by atoms with van der Waals surface area (Å²) in [4.78, 5) is 29.4. The van der Waals surface area contributed by atoms with Gasteiger partial charge in [-0.05, 0) is 103 Å². The van der Waals surface area contributed by atoms with E-state index in [1.165, 1.54) is 148 Å². The Kier molecular flexibility index (Phi) is 32.5. The summed E-state index contributed by atoms with van der Waals surface area (Å²) >= 11 is 0. The van der Waals surface area contributed by atoms with Crippen molar-refractivity contribution in [1.29, 1.82) is 0 Å². The molecule has 1 fully saturated rings. The lowest BCUT2D eigenvalue weighted by molar-refractivity contribution is -0.145. The molecular formula is C47H84N2O4. The minimum atomic E-state index is -0.571. The standard InChI is InChI=1S/C47H84N2O4/c1-6-8-10-12-14-16-18-20-22-24-26-28-30-32-34-36-38-43(42-53-47(51)49-41-44(48(3)4)40-45(49)46(50)52-5)39-37-35-33-31-29-27-25-23-21-19-17-15-13-11-9-7-2/h14-17,20-23,43-45H,6-13,18-19,24-42H2,1-5H3. The van der Waals surface area contributed by atoms with Crippen LogP contribution in [0, 0.1) is 5.92 Å². The van der Waals surface area contributed by atoms with E-state index in [1.807, 2.05) is 14.1 Å². The molecule has 53 heavy (non-hydrogen) atoms. The van der Waals surface area contributed by atoms with Crippen LogP contribution in [0.1, 0.15) is 187 Å². The second-order valence-electron chi connectivity index (χ2n) is 15.7. The van der Waals surface area contributed by atoms with Gasteiger partial charge in [0.2, 0.25) is 0 Å². The Morgan fingerprint density at radius 2 is 1.04 bits per heavy atom. The van der Waals surface area contributed by atoms with E-state index in [0.717, 1.165) is 25.7 Å². The number of carbonyl (C=O) groups excluding carboxylic acids is 2. The maximum absolute atomic E-state index is 13.3. The van der Waals surface area contributed by atoms with Crippen molar-refractivity contribution in [2.24, 2.45) is 5.92 Å². The minimum Gasteiger partial charge on any atom is -0.467 e. The van der Waals surface area contributed by atoms with Gasteiger partial charge in [-0.1, -0.05) is 152 Å². The maximum Gasteiger partial charge on any atom is 0.410 e. The third kappa shape index (κ3) is 27.0. The van der Waals surface area contributed by atoms with Gasteiger partial charge in [0, 0.05) is 12.6 Å². The molecule has 1 aliphatic rings. The van der Waals surface area contributed by atoms with Crippen LogP contribution >= 0.6 is 0 Å². The van der Waals surface area contributed by atoms with Crippen LogP contribution in [0.4, 0.5) is 4.79 Å². The third-order valence-electron chi connectivity index (χ3n) is 10.8. The zero-order valence-corrected chi connectivity index (χ0v) is 35.4. The molecule has 6 heteroatoms. The number of allylic oxidation sites excluding steroid dienone is 8. The number of hydrogen-bond donors (Lipinski definition) is 0. The molecule has 0 aromatic rings. The van der Waals surface area contributed by atoms with Crippen LogP contribution in [0.3, 0.4) is 0 Å². The monoisotopic (exact) mass is 741 g/mol. The van der Waals surface area contributed by atoms with Crippen molar-refractivity contribution in [3.8, 4) is 0 Å². The minimum absolute atomic E-state index is 0.124. The van der Waals surface area contributed by atoms with Gasteiger partial charge in [-0.3, -0.25) is 4.90 Å². The van der Waals surface area contributed by atoms with Gasteiger partial charge in [0.05, 0.1) is 13.7 Å². The summed E-state index contributed by atoms with van der Waals surface area (Å²) < 4.78 is 11.0. The summed E-state index contributed by atoms with van der Waals surface area (Å²) in [5.41, 5.74) is 0. The molecular weight excluding hydrogens is 657 g/mol. The van der Waals surface area contributed by atoms with E-state index < -0.39 is 6.04 Å². The number of ether oxygens (including phenoxy) is 2. The molecule has 2 atom stereocenters. The van der Waals surface area contributed by atoms with Crippen molar-refractivity contribution in [1.82, 2.24) is 9.80 Å². The predicted octanol–water partition coefficient (Wildman–Crippen LogP) is 13.3. The highest BCUT2D eigenvalue weighted by Gasteiger charge is 2.42. The number of rotatable bonds is 34. The molecule has 6 nitrogen and oxygen atoms in total. The van der Waals surface area contributed by atoms with Crippen LogP contribution in [0.15, 0.2) is 48.6 Å². The third-order valence-corrected chi connectivity index (χ3v) is 10.8. The highest BCUT2D eigenvalue weighted by Crippen LogP contribution is 2.25. The molecule has 0 radical (unpaired) electrons. The van der Waals surface area contributed by atoms with Gasteiger partial charge in [-0.25, -0.2) is 9.59 Å². The Bertz CT molecular complexity index is 939. The fourth-order valence-electron chi connectivity index (χ4n) is 7.17. The van der Waals surface area contributed by atoms with Crippen LogP contribution in [0.5, 0.6) is 0 Å². The number of methoxy groups -OCH3 is 1. The van der Waals surface area contributed by atoms with Crippen LogP contribution in [0.2, 0.25) is 0 Å². The topological polar surface area (TPSA) is 59.1 Å². The Labute approximate surface area is 328 Å². The summed E-state index contributed by atoms with van der Waals surface area (Å²) in [6.45, 7) is 5.45. The lowest BCUT2D eigenvalue weighted by atomic mass is 9.94. The molecule has 1 aliphatic heterocycles. The second kappa shape index (κ2) is 35.4. The zero-order valence-electron chi connectivity index (χ0n) is 35.4.